The van der Waals surface area contributed by atoms with E-state index in [9.17, 15) is 4.79 Å². The van der Waals surface area contributed by atoms with Gasteiger partial charge in [0.1, 0.15) is 6.04 Å². The first-order valence-electron chi connectivity index (χ1n) is 5.45. The number of benzene rings is 1. The van der Waals surface area contributed by atoms with E-state index in [1.165, 1.54) is 18.2 Å². The fourth-order valence-corrected chi connectivity index (χ4v) is 1.57. The van der Waals surface area contributed by atoms with Crippen molar-refractivity contribution < 1.29 is 9.53 Å². The molecule has 3 heteroatoms. The van der Waals surface area contributed by atoms with Crippen molar-refractivity contribution in [2.24, 2.45) is 0 Å². The summed E-state index contributed by atoms with van der Waals surface area (Å²) in [6.07, 6.45) is 0. The van der Waals surface area contributed by atoms with Crippen LogP contribution in [-0.4, -0.2) is 19.1 Å². The van der Waals surface area contributed by atoms with Gasteiger partial charge in [-0.05, 0) is 26.3 Å². The van der Waals surface area contributed by atoms with Gasteiger partial charge < -0.3 is 4.74 Å². The molecular weight excluding hydrogens is 202 g/mol. The van der Waals surface area contributed by atoms with Crippen LogP contribution < -0.4 is 5.32 Å². The maximum Gasteiger partial charge on any atom is 0.322 e. The molecule has 0 fully saturated rings. The average molecular weight is 221 g/mol. The van der Waals surface area contributed by atoms with Gasteiger partial charge in [0, 0.05) is 6.04 Å². The van der Waals surface area contributed by atoms with E-state index >= 15 is 0 Å². The summed E-state index contributed by atoms with van der Waals surface area (Å²) in [6, 6.07) is 8.11. The molecule has 2 atom stereocenters. The van der Waals surface area contributed by atoms with Crippen LogP contribution in [0, 0.1) is 6.92 Å². The van der Waals surface area contributed by atoms with Crippen molar-refractivity contribution in [1.82, 2.24) is 5.32 Å². The van der Waals surface area contributed by atoms with Crippen LogP contribution in [0.4, 0.5) is 0 Å². The average Bonchev–Trinajstić information content (AvgIpc) is 2.28. The quantitative estimate of drug-likeness (QED) is 0.792. The van der Waals surface area contributed by atoms with Gasteiger partial charge in [0.25, 0.3) is 0 Å². The lowest BCUT2D eigenvalue weighted by Crippen LogP contribution is -2.36. The Kier molecular flexibility index (Phi) is 4.50. The Balaban J connectivity index is 2.61. The lowest BCUT2D eigenvalue weighted by molar-refractivity contribution is -0.142. The summed E-state index contributed by atoms with van der Waals surface area (Å²) in [5, 5.41) is 3.19. The molecule has 0 aliphatic heterocycles. The van der Waals surface area contributed by atoms with Crippen LogP contribution in [0.15, 0.2) is 24.3 Å². The van der Waals surface area contributed by atoms with Crippen LogP contribution in [0.1, 0.15) is 31.0 Å². The van der Waals surface area contributed by atoms with Crippen LogP contribution in [0.5, 0.6) is 0 Å². The monoisotopic (exact) mass is 221 g/mol. The van der Waals surface area contributed by atoms with E-state index in [2.05, 4.69) is 41.2 Å². The van der Waals surface area contributed by atoms with Crippen LogP contribution in [0.2, 0.25) is 0 Å². The number of nitrogens with one attached hydrogen (secondary N) is 1. The smallest absolute Gasteiger partial charge is 0.322 e. The number of carbonyl (C=O) groups excluding carboxylic acids is 1. The molecule has 0 saturated heterocycles. The molecule has 0 aromatic heterocycles. The molecule has 1 aromatic rings. The third-order valence-electron chi connectivity index (χ3n) is 2.63. The Labute approximate surface area is 96.8 Å². The molecule has 3 nitrogen and oxygen atoms in total. The highest BCUT2D eigenvalue weighted by Crippen LogP contribution is 2.13. The highest BCUT2D eigenvalue weighted by Gasteiger charge is 2.16. The van der Waals surface area contributed by atoms with Gasteiger partial charge in [-0.25, -0.2) is 0 Å². The summed E-state index contributed by atoms with van der Waals surface area (Å²) in [7, 11) is 1.40. The molecule has 1 aromatic carbocycles. The number of hydrogen-bond donors (Lipinski definition) is 1. The molecule has 0 aliphatic carbocycles. The molecule has 0 bridgehead atoms. The van der Waals surface area contributed by atoms with E-state index in [0.717, 1.165) is 0 Å². The third-order valence-corrected chi connectivity index (χ3v) is 2.63. The van der Waals surface area contributed by atoms with E-state index in [4.69, 9.17) is 0 Å². The second kappa shape index (κ2) is 5.66. The minimum Gasteiger partial charge on any atom is -0.468 e. The predicted molar refractivity (Wildman–Crippen MR) is 64.2 cm³/mol. The highest BCUT2D eigenvalue weighted by atomic mass is 16.5. The maximum atomic E-state index is 11.2. The number of carbonyl (C=O) groups is 1. The standard InChI is InChI=1S/C13H19NO2/c1-9-5-7-12(8-6-9)10(2)14-11(3)13(15)16-4/h5-8,10-11,14H,1-4H3. The zero-order chi connectivity index (χ0) is 12.1. The first-order chi connectivity index (χ1) is 7.54. The zero-order valence-electron chi connectivity index (χ0n) is 10.3. The Morgan fingerprint density at radius 1 is 1.25 bits per heavy atom. The Bertz CT molecular complexity index is 345. The predicted octanol–water partition coefficient (Wildman–Crippen LogP) is 2.21. The maximum absolute atomic E-state index is 11.2. The normalized spacial score (nSPS) is 14.2. The molecule has 0 radical (unpaired) electrons. The summed E-state index contributed by atoms with van der Waals surface area (Å²) >= 11 is 0. The minimum absolute atomic E-state index is 0.134. The second-order valence-electron chi connectivity index (χ2n) is 4.04. The van der Waals surface area contributed by atoms with Gasteiger partial charge in [0.05, 0.1) is 7.11 Å². The Morgan fingerprint density at radius 3 is 2.31 bits per heavy atom. The molecule has 1 rings (SSSR count). The largest absolute Gasteiger partial charge is 0.468 e. The van der Waals surface area contributed by atoms with Crippen molar-refractivity contribution in [1.29, 1.82) is 0 Å². The van der Waals surface area contributed by atoms with Gasteiger partial charge in [0.15, 0.2) is 0 Å². The van der Waals surface area contributed by atoms with Crippen molar-refractivity contribution in [2.45, 2.75) is 32.9 Å². The zero-order valence-corrected chi connectivity index (χ0v) is 10.3. The van der Waals surface area contributed by atoms with E-state index in [0.29, 0.717) is 0 Å². The molecule has 0 heterocycles. The fourth-order valence-electron chi connectivity index (χ4n) is 1.57. The van der Waals surface area contributed by atoms with E-state index in [1.54, 1.807) is 6.92 Å². The molecule has 0 saturated carbocycles. The van der Waals surface area contributed by atoms with E-state index < -0.39 is 0 Å². The van der Waals surface area contributed by atoms with Gasteiger partial charge in [-0.15, -0.1) is 0 Å². The molecule has 0 aliphatic rings. The molecule has 1 N–H and O–H groups in total. The molecule has 2 unspecified atom stereocenters. The molecule has 0 amide bonds. The van der Waals surface area contributed by atoms with Gasteiger partial charge in [-0.1, -0.05) is 29.8 Å². The summed E-state index contributed by atoms with van der Waals surface area (Å²) in [6.45, 7) is 5.89. The van der Waals surface area contributed by atoms with E-state index in [-0.39, 0.29) is 18.1 Å². The van der Waals surface area contributed by atoms with Crippen LogP contribution in [-0.2, 0) is 9.53 Å². The topological polar surface area (TPSA) is 38.3 Å². The Morgan fingerprint density at radius 2 is 1.81 bits per heavy atom. The summed E-state index contributed by atoms with van der Waals surface area (Å²) in [4.78, 5) is 11.2. The van der Waals surface area contributed by atoms with Gasteiger partial charge >= 0.3 is 5.97 Å². The van der Waals surface area contributed by atoms with Crippen molar-refractivity contribution in [3.63, 3.8) is 0 Å². The first-order valence-corrected chi connectivity index (χ1v) is 5.45. The minimum atomic E-state index is -0.290. The lowest BCUT2D eigenvalue weighted by atomic mass is 10.1. The number of methoxy groups -OCH3 is 1. The Hall–Kier alpha value is -1.35. The molecule has 16 heavy (non-hydrogen) atoms. The number of hydrogen-bond acceptors (Lipinski definition) is 3. The van der Waals surface area contributed by atoms with E-state index in [1.807, 2.05) is 6.92 Å². The summed E-state index contributed by atoms with van der Waals surface area (Å²) < 4.78 is 4.67. The molecule has 0 spiro atoms. The summed E-state index contributed by atoms with van der Waals surface area (Å²) in [5.41, 5.74) is 2.40. The SMILES string of the molecule is COC(=O)C(C)NC(C)c1ccc(C)cc1. The molecule has 88 valence electrons. The number of esters is 1. The van der Waals surface area contributed by atoms with Crippen molar-refractivity contribution >= 4 is 5.97 Å². The lowest BCUT2D eigenvalue weighted by Gasteiger charge is -2.18. The highest BCUT2D eigenvalue weighted by molar-refractivity contribution is 5.75. The van der Waals surface area contributed by atoms with Crippen LogP contribution in [0.25, 0.3) is 0 Å². The van der Waals surface area contributed by atoms with Crippen molar-refractivity contribution in [3.05, 3.63) is 35.4 Å². The number of aryl methyl sites for hydroxylation is 1. The first kappa shape index (κ1) is 12.7. The van der Waals surface area contributed by atoms with Gasteiger partial charge in [-0.3, -0.25) is 10.1 Å². The van der Waals surface area contributed by atoms with Crippen molar-refractivity contribution in [2.75, 3.05) is 7.11 Å². The third kappa shape index (κ3) is 3.35. The fraction of sp³-hybridized carbons (Fsp3) is 0.462. The van der Waals surface area contributed by atoms with Gasteiger partial charge in [0.2, 0.25) is 0 Å². The van der Waals surface area contributed by atoms with Crippen molar-refractivity contribution in [3.8, 4) is 0 Å². The van der Waals surface area contributed by atoms with Gasteiger partial charge in [-0.2, -0.15) is 0 Å². The number of rotatable bonds is 4. The summed E-state index contributed by atoms with van der Waals surface area (Å²) in [5.74, 6) is -0.237. The number of ether oxygens (including phenoxy) is 1. The van der Waals surface area contributed by atoms with Crippen LogP contribution >= 0.6 is 0 Å². The second-order valence-corrected chi connectivity index (χ2v) is 4.04. The van der Waals surface area contributed by atoms with Crippen LogP contribution in [0.3, 0.4) is 0 Å². The molecular formula is C13H19NO2.